The Kier molecular flexibility index (Phi) is 5.71. The van der Waals surface area contributed by atoms with Crippen LogP contribution in [0.5, 0.6) is 0 Å². The van der Waals surface area contributed by atoms with Gasteiger partial charge in [-0.25, -0.2) is 4.79 Å². The first kappa shape index (κ1) is 22.2. The quantitative estimate of drug-likeness (QED) is 0.331. The summed E-state index contributed by atoms with van der Waals surface area (Å²) in [4.78, 5) is 37.3. The van der Waals surface area contributed by atoms with Crippen LogP contribution in [0.4, 0.5) is 11.5 Å². The van der Waals surface area contributed by atoms with E-state index in [9.17, 15) is 19.7 Å². The predicted octanol–water partition coefficient (Wildman–Crippen LogP) is 4.09. The van der Waals surface area contributed by atoms with Crippen molar-refractivity contribution in [3.63, 3.8) is 0 Å². The number of carbonyl (C=O) groups excluding carboxylic acids is 2. The lowest BCUT2D eigenvalue weighted by Crippen LogP contribution is -2.31. The molecule has 0 radical (unpaired) electrons. The van der Waals surface area contributed by atoms with Crippen LogP contribution in [0, 0.1) is 10.1 Å². The first-order chi connectivity index (χ1) is 14.5. The number of rotatable bonds is 5. The number of hydrogen-bond donors (Lipinski definition) is 1. The van der Waals surface area contributed by atoms with E-state index in [-0.39, 0.29) is 29.2 Å². The molecule has 0 saturated heterocycles. The SMILES string of the molecule is CCC(=O)c1nn(C)c2c1C(c1ccccc1[N+](=O)[O-])C(C(=O)OC(C)(C)C)=C(C)N2. The van der Waals surface area contributed by atoms with E-state index in [1.165, 1.54) is 10.7 Å². The number of Topliss-reactive ketones (excluding diaryl/α,β-unsaturated/α-hetero) is 1. The predicted molar refractivity (Wildman–Crippen MR) is 115 cm³/mol. The van der Waals surface area contributed by atoms with Crippen molar-refractivity contribution in [2.45, 2.75) is 52.6 Å². The molecule has 0 bridgehead atoms. The molecule has 0 spiro atoms. The summed E-state index contributed by atoms with van der Waals surface area (Å²) in [6.45, 7) is 8.67. The first-order valence-corrected chi connectivity index (χ1v) is 10.0. The van der Waals surface area contributed by atoms with Crippen LogP contribution in [0.25, 0.3) is 0 Å². The topological polar surface area (TPSA) is 116 Å². The molecular formula is C22H26N4O5. The molecule has 0 saturated carbocycles. The Morgan fingerprint density at radius 1 is 1.29 bits per heavy atom. The van der Waals surface area contributed by atoms with Gasteiger partial charge in [0.1, 0.15) is 17.1 Å². The maximum atomic E-state index is 13.3. The Morgan fingerprint density at radius 2 is 1.94 bits per heavy atom. The second-order valence-electron chi connectivity index (χ2n) is 8.43. The molecule has 31 heavy (non-hydrogen) atoms. The number of aryl methyl sites for hydroxylation is 1. The number of para-hydroxylation sites is 1. The summed E-state index contributed by atoms with van der Waals surface area (Å²) in [7, 11) is 1.68. The number of nitro groups is 1. The van der Waals surface area contributed by atoms with Crippen LogP contribution in [-0.4, -0.2) is 32.1 Å². The molecule has 2 aromatic rings. The van der Waals surface area contributed by atoms with E-state index in [1.807, 2.05) is 0 Å². The molecular weight excluding hydrogens is 400 g/mol. The molecule has 164 valence electrons. The fourth-order valence-corrected chi connectivity index (χ4v) is 3.75. The third-order valence-corrected chi connectivity index (χ3v) is 5.02. The lowest BCUT2D eigenvalue weighted by atomic mass is 9.80. The number of nitrogens with one attached hydrogen (secondary N) is 1. The number of carbonyl (C=O) groups is 2. The van der Waals surface area contributed by atoms with Crippen LogP contribution >= 0.6 is 0 Å². The molecule has 1 aliphatic rings. The fraction of sp³-hybridized carbons (Fsp3) is 0.409. The average molecular weight is 426 g/mol. The van der Waals surface area contributed by atoms with Gasteiger partial charge in [0.25, 0.3) is 5.69 Å². The molecule has 0 amide bonds. The van der Waals surface area contributed by atoms with Crippen molar-refractivity contribution in [1.82, 2.24) is 9.78 Å². The van der Waals surface area contributed by atoms with Gasteiger partial charge in [0.2, 0.25) is 0 Å². The first-order valence-electron chi connectivity index (χ1n) is 10.0. The number of ether oxygens (including phenoxy) is 1. The van der Waals surface area contributed by atoms with Crippen LogP contribution in [0.2, 0.25) is 0 Å². The van der Waals surface area contributed by atoms with Gasteiger partial charge in [0, 0.05) is 36.4 Å². The number of ketones is 1. The van der Waals surface area contributed by atoms with Gasteiger partial charge in [0.05, 0.1) is 16.4 Å². The number of nitrogens with zero attached hydrogens (tertiary/aromatic N) is 3. The van der Waals surface area contributed by atoms with E-state index in [2.05, 4.69) is 10.4 Å². The molecule has 1 aliphatic heterocycles. The molecule has 1 N–H and O–H groups in total. The van der Waals surface area contributed by atoms with E-state index in [4.69, 9.17) is 4.74 Å². The molecule has 1 aromatic heterocycles. The Morgan fingerprint density at radius 3 is 2.52 bits per heavy atom. The second-order valence-corrected chi connectivity index (χ2v) is 8.43. The Hall–Kier alpha value is -3.49. The second kappa shape index (κ2) is 7.98. The minimum absolute atomic E-state index is 0.145. The number of allylic oxidation sites excluding steroid dienone is 1. The van der Waals surface area contributed by atoms with Crippen molar-refractivity contribution in [1.29, 1.82) is 0 Å². The fourth-order valence-electron chi connectivity index (χ4n) is 3.75. The Bertz CT molecular complexity index is 1110. The summed E-state index contributed by atoms with van der Waals surface area (Å²) < 4.78 is 7.15. The highest BCUT2D eigenvalue weighted by Gasteiger charge is 2.42. The van der Waals surface area contributed by atoms with Crippen LogP contribution in [-0.2, 0) is 16.6 Å². The van der Waals surface area contributed by atoms with Crippen LogP contribution in [0.1, 0.15) is 68.6 Å². The standard InChI is InChI=1S/C22H26N4O5/c1-7-15(27)19-18-17(13-10-8-9-11-14(13)26(29)30)16(21(28)31-22(3,4)5)12(2)23-20(18)25(6)24-19/h8-11,17,23H,7H2,1-6H3. The minimum atomic E-state index is -0.883. The average Bonchev–Trinajstić information content (AvgIpc) is 3.01. The van der Waals surface area contributed by atoms with E-state index in [1.54, 1.807) is 59.9 Å². The summed E-state index contributed by atoms with van der Waals surface area (Å²) in [5.41, 5.74) is 0.716. The number of fused-ring (bicyclic) bond motifs is 1. The van der Waals surface area contributed by atoms with Crippen molar-refractivity contribution in [3.05, 3.63) is 62.5 Å². The molecule has 1 atom stereocenters. The summed E-state index contributed by atoms with van der Waals surface area (Å²) >= 11 is 0. The van der Waals surface area contributed by atoms with Crippen molar-refractivity contribution < 1.29 is 19.2 Å². The van der Waals surface area contributed by atoms with Crippen LogP contribution in [0.3, 0.4) is 0 Å². The van der Waals surface area contributed by atoms with Gasteiger partial charge in [-0.05, 0) is 27.7 Å². The minimum Gasteiger partial charge on any atom is -0.457 e. The third kappa shape index (κ3) is 4.08. The summed E-state index contributed by atoms with van der Waals surface area (Å²) in [6.07, 6.45) is 0.206. The lowest BCUT2D eigenvalue weighted by molar-refractivity contribution is -0.385. The van der Waals surface area contributed by atoms with Gasteiger partial charge in [-0.1, -0.05) is 25.1 Å². The van der Waals surface area contributed by atoms with Gasteiger partial charge in [-0.15, -0.1) is 0 Å². The third-order valence-electron chi connectivity index (χ3n) is 5.02. The summed E-state index contributed by atoms with van der Waals surface area (Å²) in [5, 5.41) is 19.3. The maximum absolute atomic E-state index is 13.3. The number of nitro benzene ring substituents is 1. The molecule has 0 fully saturated rings. The van der Waals surface area contributed by atoms with Crippen LogP contribution < -0.4 is 5.32 Å². The number of anilines is 1. The van der Waals surface area contributed by atoms with Crippen molar-refractivity contribution in [2.24, 2.45) is 7.05 Å². The normalized spacial score (nSPS) is 15.9. The zero-order chi connectivity index (χ0) is 23.1. The lowest BCUT2D eigenvalue weighted by Gasteiger charge is -2.30. The Labute approximate surface area is 180 Å². The maximum Gasteiger partial charge on any atom is 0.337 e. The highest BCUT2D eigenvalue weighted by molar-refractivity contribution is 6.01. The molecule has 1 aromatic carbocycles. The van der Waals surface area contributed by atoms with Crippen LogP contribution in [0.15, 0.2) is 35.5 Å². The van der Waals surface area contributed by atoms with E-state index < -0.39 is 22.4 Å². The molecule has 9 heteroatoms. The van der Waals surface area contributed by atoms with Gasteiger partial charge >= 0.3 is 5.97 Å². The van der Waals surface area contributed by atoms with E-state index in [0.29, 0.717) is 22.6 Å². The highest BCUT2D eigenvalue weighted by Crippen LogP contribution is 2.46. The molecule has 3 rings (SSSR count). The zero-order valence-corrected chi connectivity index (χ0v) is 18.5. The monoisotopic (exact) mass is 426 g/mol. The van der Waals surface area contributed by atoms with Crippen molar-refractivity contribution >= 4 is 23.3 Å². The van der Waals surface area contributed by atoms with Gasteiger partial charge in [-0.3, -0.25) is 19.6 Å². The zero-order valence-electron chi connectivity index (χ0n) is 18.5. The summed E-state index contributed by atoms with van der Waals surface area (Å²) in [5.74, 6) is -1.19. The largest absolute Gasteiger partial charge is 0.457 e. The molecule has 9 nitrogen and oxygen atoms in total. The highest BCUT2D eigenvalue weighted by atomic mass is 16.6. The number of esters is 1. The summed E-state index contributed by atoms with van der Waals surface area (Å²) in [6, 6.07) is 6.22. The van der Waals surface area contributed by atoms with E-state index in [0.717, 1.165) is 0 Å². The van der Waals surface area contributed by atoms with Gasteiger partial charge in [-0.2, -0.15) is 5.10 Å². The number of benzene rings is 1. The Balaban J connectivity index is 2.35. The van der Waals surface area contributed by atoms with Crippen molar-refractivity contribution in [3.8, 4) is 0 Å². The molecule has 0 aliphatic carbocycles. The number of aromatic nitrogens is 2. The molecule has 1 unspecified atom stereocenters. The molecule has 2 heterocycles. The van der Waals surface area contributed by atoms with Gasteiger partial charge in [0.15, 0.2) is 5.78 Å². The van der Waals surface area contributed by atoms with Gasteiger partial charge < -0.3 is 10.1 Å². The van der Waals surface area contributed by atoms with E-state index >= 15 is 0 Å². The smallest absolute Gasteiger partial charge is 0.337 e. The van der Waals surface area contributed by atoms with Crippen molar-refractivity contribution in [2.75, 3.05) is 5.32 Å². The number of hydrogen-bond acceptors (Lipinski definition) is 7.